The average molecular weight is 273 g/mol. The van der Waals surface area contributed by atoms with Crippen LogP contribution in [0.4, 0.5) is 13.2 Å². The van der Waals surface area contributed by atoms with Gasteiger partial charge in [-0.1, -0.05) is 35.9 Å². The summed E-state index contributed by atoms with van der Waals surface area (Å²) in [4.78, 5) is 0. The molecular weight excluding hydrogens is 265 g/mol. The van der Waals surface area contributed by atoms with E-state index in [1.165, 1.54) is 12.1 Å². The molecule has 2 aromatic carbocycles. The van der Waals surface area contributed by atoms with Crippen LogP contribution in [0.5, 0.6) is 5.75 Å². The molecule has 2 rings (SSSR count). The van der Waals surface area contributed by atoms with Crippen molar-refractivity contribution in [3.63, 3.8) is 0 Å². The molecule has 0 atom stereocenters. The lowest BCUT2D eigenvalue weighted by Crippen LogP contribution is -2.16. The third-order valence-electron chi connectivity index (χ3n) is 2.27. The number of ether oxygens (including phenoxy) is 1. The maximum Gasteiger partial charge on any atom is 0.573 e. The minimum Gasteiger partial charge on any atom is -0.406 e. The van der Waals surface area contributed by atoms with Gasteiger partial charge in [0.15, 0.2) is 0 Å². The molecule has 0 amide bonds. The first-order chi connectivity index (χ1) is 8.44. The van der Waals surface area contributed by atoms with Crippen LogP contribution in [0.15, 0.2) is 48.5 Å². The van der Waals surface area contributed by atoms with Crippen molar-refractivity contribution in [2.75, 3.05) is 0 Å². The number of halogens is 4. The second-order valence-electron chi connectivity index (χ2n) is 3.58. The van der Waals surface area contributed by atoms with Gasteiger partial charge >= 0.3 is 6.36 Å². The lowest BCUT2D eigenvalue weighted by molar-refractivity contribution is -0.274. The van der Waals surface area contributed by atoms with Gasteiger partial charge in [0.1, 0.15) is 5.75 Å². The van der Waals surface area contributed by atoms with Crippen molar-refractivity contribution in [1.82, 2.24) is 0 Å². The minimum atomic E-state index is -4.66. The Morgan fingerprint density at radius 3 is 1.67 bits per heavy atom. The van der Waals surface area contributed by atoms with Crippen molar-refractivity contribution in [3.8, 4) is 16.9 Å². The van der Waals surface area contributed by atoms with Crippen molar-refractivity contribution < 1.29 is 17.9 Å². The normalized spacial score (nSPS) is 11.3. The Bertz CT molecular complexity index is 517. The maximum absolute atomic E-state index is 12.0. The summed E-state index contributed by atoms with van der Waals surface area (Å²) in [5, 5.41) is 0.607. The molecule has 0 spiro atoms. The molecule has 0 bridgehead atoms. The summed E-state index contributed by atoms with van der Waals surface area (Å²) in [6.07, 6.45) is -4.66. The van der Waals surface area contributed by atoms with Gasteiger partial charge < -0.3 is 4.74 Å². The Morgan fingerprint density at radius 2 is 1.22 bits per heavy atom. The molecule has 0 aliphatic rings. The molecule has 0 fully saturated rings. The van der Waals surface area contributed by atoms with Gasteiger partial charge in [0, 0.05) is 5.02 Å². The fourth-order valence-electron chi connectivity index (χ4n) is 1.49. The predicted molar refractivity (Wildman–Crippen MR) is 63.6 cm³/mol. The molecule has 0 radical (unpaired) electrons. The fourth-order valence-corrected chi connectivity index (χ4v) is 1.62. The maximum atomic E-state index is 12.0. The van der Waals surface area contributed by atoms with Gasteiger partial charge in [0.05, 0.1) is 0 Å². The van der Waals surface area contributed by atoms with Crippen molar-refractivity contribution in [2.24, 2.45) is 0 Å². The zero-order valence-corrected chi connectivity index (χ0v) is 9.79. The summed E-state index contributed by atoms with van der Waals surface area (Å²) in [5.41, 5.74) is 1.67. The van der Waals surface area contributed by atoms with Gasteiger partial charge in [-0.05, 0) is 35.4 Å². The van der Waals surface area contributed by atoms with E-state index in [4.69, 9.17) is 11.6 Å². The van der Waals surface area contributed by atoms with E-state index < -0.39 is 6.36 Å². The molecule has 0 saturated carbocycles. The summed E-state index contributed by atoms with van der Waals surface area (Å²) in [6.45, 7) is 0. The second-order valence-corrected chi connectivity index (χ2v) is 4.02. The Morgan fingerprint density at radius 1 is 0.778 bits per heavy atom. The van der Waals surface area contributed by atoms with Gasteiger partial charge in [0.25, 0.3) is 0 Å². The van der Waals surface area contributed by atoms with Crippen molar-refractivity contribution in [2.45, 2.75) is 6.36 Å². The van der Waals surface area contributed by atoms with E-state index in [1.807, 2.05) is 0 Å². The minimum absolute atomic E-state index is 0.236. The number of hydrogen-bond acceptors (Lipinski definition) is 1. The number of alkyl halides is 3. The van der Waals surface area contributed by atoms with Gasteiger partial charge in [-0.2, -0.15) is 0 Å². The topological polar surface area (TPSA) is 9.23 Å². The zero-order valence-electron chi connectivity index (χ0n) is 9.04. The van der Waals surface area contributed by atoms with Crippen molar-refractivity contribution in [3.05, 3.63) is 53.6 Å². The largest absolute Gasteiger partial charge is 0.573 e. The first-order valence-electron chi connectivity index (χ1n) is 5.06. The molecule has 94 valence electrons. The highest BCUT2D eigenvalue weighted by Crippen LogP contribution is 2.27. The summed E-state index contributed by atoms with van der Waals surface area (Å²) in [6, 6.07) is 12.7. The van der Waals surface area contributed by atoms with Crippen LogP contribution < -0.4 is 4.74 Å². The summed E-state index contributed by atoms with van der Waals surface area (Å²) < 4.78 is 39.7. The first-order valence-corrected chi connectivity index (χ1v) is 5.43. The van der Waals surface area contributed by atoms with Crippen LogP contribution in [0.1, 0.15) is 0 Å². The zero-order chi connectivity index (χ0) is 13.2. The quantitative estimate of drug-likeness (QED) is 0.755. The predicted octanol–water partition coefficient (Wildman–Crippen LogP) is 4.91. The third-order valence-corrected chi connectivity index (χ3v) is 2.52. The number of hydrogen-bond donors (Lipinski definition) is 0. The molecule has 18 heavy (non-hydrogen) atoms. The average Bonchev–Trinajstić information content (AvgIpc) is 2.29. The van der Waals surface area contributed by atoms with E-state index in [9.17, 15) is 13.2 Å². The molecule has 0 aliphatic heterocycles. The van der Waals surface area contributed by atoms with Gasteiger partial charge in [-0.3, -0.25) is 0 Å². The smallest absolute Gasteiger partial charge is 0.406 e. The van der Waals surface area contributed by atoms with Crippen LogP contribution in [-0.2, 0) is 0 Å². The van der Waals surface area contributed by atoms with Crippen LogP contribution in [0.3, 0.4) is 0 Å². The highest BCUT2D eigenvalue weighted by atomic mass is 35.5. The molecule has 0 aromatic heterocycles. The van der Waals surface area contributed by atoms with E-state index in [2.05, 4.69) is 4.74 Å². The molecular formula is C13H8ClF3O. The molecule has 0 N–H and O–H groups in total. The molecule has 0 saturated heterocycles. The van der Waals surface area contributed by atoms with Crippen LogP contribution in [-0.4, -0.2) is 6.36 Å². The van der Waals surface area contributed by atoms with E-state index in [1.54, 1.807) is 36.4 Å². The van der Waals surface area contributed by atoms with Crippen LogP contribution >= 0.6 is 11.6 Å². The van der Waals surface area contributed by atoms with Gasteiger partial charge in [0.2, 0.25) is 0 Å². The monoisotopic (exact) mass is 272 g/mol. The Kier molecular flexibility index (Phi) is 3.48. The standard InChI is InChI=1S/C13H8ClF3O/c14-11-5-1-9(2-6-11)10-3-7-12(8-4-10)18-13(15,16)17/h1-8H. The first kappa shape index (κ1) is 12.8. The second kappa shape index (κ2) is 4.90. The Labute approximate surface area is 107 Å². The SMILES string of the molecule is FC(F)(F)Oc1ccc(-c2ccc(Cl)cc2)cc1. The summed E-state index contributed by atoms with van der Waals surface area (Å²) >= 11 is 5.75. The van der Waals surface area contributed by atoms with E-state index in [-0.39, 0.29) is 5.75 Å². The van der Waals surface area contributed by atoms with Crippen molar-refractivity contribution in [1.29, 1.82) is 0 Å². The van der Waals surface area contributed by atoms with Crippen LogP contribution in [0.25, 0.3) is 11.1 Å². The Hall–Kier alpha value is -1.68. The van der Waals surface area contributed by atoms with Crippen LogP contribution in [0.2, 0.25) is 5.02 Å². The fraction of sp³-hybridized carbons (Fsp3) is 0.0769. The molecule has 5 heteroatoms. The molecule has 1 nitrogen and oxygen atoms in total. The van der Waals surface area contributed by atoms with E-state index in [0.29, 0.717) is 5.02 Å². The van der Waals surface area contributed by atoms with Crippen LogP contribution in [0, 0.1) is 0 Å². The summed E-state index contributed by atoms with van der Waals surface area (Å²) in [7, 11) is 0. The Balaban J connectivity index is 2.20. The van der Waals surface area contributed by atoms with E-state index >= 15 is 0 Å². The lowest BCUT2D eigenvalue weighted by Gasteiger charge is -2.09. The number of rotatable bonds is 2. The molecule has 0 aliphatic carbocycles. The highest BCUT2D eigenvalue weighted by molar-refractivity contribution is 6.30. The van der Waals surface area contributed by atoms with Crippen molar-refractivity contribution >= 4 is 11.6 Å². The van der Waals surface area contributed by atoms with E-state index in [0.717, 1.165) is 11.1 Å². The summed E-state index contributed by atoms with van der Waals surface area (Å²) in [5.74, 6) is -0.236. The molecule has 0 unspecified atom stereocenters. The molecule has 2 aromatic rings. The third kappa shape index (κ3) is 3.40. The van der Waals surface area contributed by atoms with Gasteiger partial charge in [-0.25, -0.2) is 0 Å². The number of benzene rings is 2. The van der Waals surface area contributed by atoms with Gasteiger partial charge in [-0.15, -0.1) is 13.2 Å². The molecule has 0 heterocycles. The lowest BCUT2D eigenvalue weighted by atomic mass is 10.1. The highest BCUT2D eigenvalue weighted by Gasteiger charge is 2.30.